The van der Waals surface area contributed by atoms with Gasteiger partial charge >= 0.3 is 0 Å². The fraction of sp³-hybridized carbons (Fsp3) is 0.278. The van der Waals surface area contributed by atoms with Gasteiger partial charge in [0.2, 0.25) is 5.91 Å². The summed E-state index contributed by atoms with van der Waals surface area (Å²) < 4.78 is 5.16. The normalized spacial score (nSPS) is 15.2. The summed E-state index contributed by atoms with van der Waals surface area (Å²) in [6.45, 7) is 0.515. The molecule has 0 radical (unpaired) electrons. The summed E-state index contributed by atoms with van der Waals surface area (Å²) in [4.78, 5) is 11.8. The summed E-state index contributed by atoms with van der Waals surface area (Å²) in [7, 11) is 1.66. The number of amides is 1. The van der Waals surface area contributed by atoms with E-state index in [0.717, 1.165) is 35.3 Å². The molecular formula is C18H20N2O2. The highest BCUT2D eigenvalue weighted by molar-refractivity contribution is 5.88. The van der Waals surface area contributed by atoms with Crippen molar-refractivity contribution in [2.75, 3.05) is 7.11 Å². The van der Waals surface area contributed by atoms with Crippen molar-refractivity contribution in [2.24, 2.45) is 5.73 Å². The van der Waals surface area contributed by atoms with Crippen LogP contribution in [0.1, 0.15) is 18.4 Å². The lowest BCUT2D eigenvalue weighted by Crippen LogP contribution is -2.42. The molecule has 1 fully saturated rings. The van der Waals surface area contributed by atoms with E-state index >= 15 is 0 Å². The van der Waals surface area contributed by atoms with E-state index in [1.807, 2.05) is 36.4 Å². The molecule has 0 aliphatic heterocycles. The predicted molar refractivity (Wildman–Crippen MR) is 86.4 cm³/mol. The number of carbonyl (C=O) groups is 1. The maximum absolute atomic E-state index is 11.8. The Bertz CT molecular complexity index is 658. The minimum absolute atomic E-state index is 0.0493. The van der Waals surface area contributed by atoms with Crippen LogP contribution in [0, 0.1) is 0 Å². The van der Waals surface area contributed by atoms with Gasteiger partial charge in [-0.2, -0.15) is 0 Å². The first kappa shape index (κ1) is 14.6. The molecule has 0 aromatic heterocycles. The summed E-state index contributed by atoms with van der Waals surface area (Å²) in [6, 6.07) is 16.1. The molecule has 1 amide bonds. The predicted octanol–water partition coefficient (Wildman–Crippen LogP) is 2.47. The molecule has 0 heterocycles. The average molecular weight is 296 g/mol. The highest BCUT2D eigenvalue weighted by atomic mass is 16.5. The second-order valence-electron chi connectivity index (χ2n) is 5.76. The third kappa shape index (κ3) is 3.12. The second kappa shape index (κ2) is 5.81. The van der Waals surface area contributed by atoms with Crippen LogP contribution in [0.5, 0.6) is 5.75 Å². The van der Waals surface area contributed by atoms with Crippen molar-refractivity contribution in [1.82, 2.24) is 5.32 Å². The number of methoxy groups -OCH3 is 1. The number of benzene rings is 2. The number of hydrogen-bond acceptors (Lipinski definition) is 3. The van der Waals surface area contributed by atoms with Crippen LogP contribution in [-0.2, 0) is 11.3 Å². The van der Waals surface area contributed by atoms with Crippen molar-refractivity contribution in [1.29, 1.82) is 0 Å². The number of rotatable bonds is 5. The van der Waals surface area contributed by atoms with Crippen LogP contribution in [0.2, 0.25) is 0 Å². The summed E-state index contributed by atoms with van der Waals surface area (Å²) in [5.41, 5.74) is 8.58. The number of nitrogens with two attached hydrogens (primary N) is 1. The fourth-order valence-electron chi connectivity index (χ4n) is 2.32. The molecule has 3 rings (SSSR count). The minimum Gasteiger partial charge on any atom is -0.497 e. The van der Waals surface area contributed by atoms with Crippen LogP contribution in [-0.4, -0.2) is 18.6 Å². The van der Waals surface area contributed by atoms with Crippen LogP contribution in [0.25, 0.3) is 11.1 Å². The van der Waals surface area contributed by atoms with Crippen molar-refractivity contribution < 1.29 is 9.53 Å². The molecule has 0 atom stereocenters. The molecule has 0 bridgehead atoms. The van der Waals surface area contributed by atoms with Gasteiger partial charge in [-0.1, -0.05) is 36.4 Å². The summed E-state index contributed by atoms with van der Waals surface area (Å²) >= 11 is 0. The van der Waals surface area contributed by atoms with Gasteiger partial charge < -0.3 is 15.8 Å². The zero-order valence-corrected chi connectivity index (χ0v) is 12.6. The molecule has 1 aliphatic carbocycles. The van der Waals surface area contributed by atoms with E-state index in [9.17, 15) is 4.79 Å². The first-order chi connectivity index (χ1) is 10.6. The minimum atomic E-state index is -0.608. The summed E-state index contributed by atoms with van der Waals surface area (Å²) in [6.07, 6.45) is 1.57. The standard InChI is InChI=1S/C18H20N2O2/c1-22-16-8-6-15(7-9-16)14-4-2-13(3-5-14)12-20-17(21)18(19)10-11-18/h2-9H,10-12,19H2,1H3,(H,20,21). The van der Waals surface area contributed by atoms with Gasteiger partial charge in [0.15, 0.2) is 0 Å². The molecule has 0 spiro atoms. The molecule has 4 nitrogen and oxygen atoms in total. The van der Waals surface area contributed by atoms with Crippen molar-refractivity contribution in [3.05, 3.63) is 54.1 Å². The van der Waals surface area contributed by atoms with Gasteiger partial charge in [0.1, 0.15) is 5.75 Å². The van der Waals surface area contributed by atoms with Crippen molar-refractivity contribution in [2.45, 2.75) is 24.9 Å². The van der Waals surface area contributed by atoms with E-state index in [4.69, 9.17) is 10.5 Å². The van der Waals surface area contributed by atoms with Crippen molar-refractivity contribution in [3.8, 4) is 16.9 Å². The molecule has 114 valence electrons. The Kier molecular flexibility index (Phi) is 3.86. The quantitative estimate of drug-likeness (QED) is 0.891. The Hall–Kier alpha value is -2.33. The van der Waals surface area contributed by atoms with E-state index in [-0.39, 0.29) is 5.91 Å². The molecule has 3 N–H and O–H groups in total. The Morgan fingerprint density at radius 3 is 2.14 bits per heavy atom. The summed E-state index contributed by atoms with van der Waals surface area (Å²) in [5, 5.41) is 2.90. The SMILES string of the molecule is COc1ccc(-c2ccc(CNC(=O)C3(N)CC3)cc2)cc1. The maximum Gasteiger partial charge on any atom is 0.240 e. The van der Waals surface area contributed by atoms with Crippen LogP contribution < -0.4 is 15.8 Å². The van der Waals surface area contributed by atoms with E-state index < -0.39 is 5.54 Å². The van der Waals surface area contributed by atoms with Crippen molar-refractivity contribution >= 4 is 5.91 Å². The van der Waals surface area contributed by atoms with Crippen LogP contribution in [0.4, 0.5) is 0 Å². The van der Waals surface area contributed by atoms with Gasteiger partial charge in [-0.05, 0) is 41.7 Å². The molecule has 2 aromatic carbocycles. The fourth-order valence-corrected chi connectivity index (χ4v) is 2.32. The molecule has 0 saturated heterocycles. The maximum atomic E-state index is 11.8. The lowest BCUT2D eigenvalue weighted by atomic mass is 10.0. The zero-order chi connectivity index (χ0) is 15.6. The Balaban J connectivity index is 1.63. The molecule has 1 saturated carbocycles. The first-order valence-electron chi connectivity index (χ1n) is 7.41. The summed E-state index contributed by atoms with van der Waals surface area (Å²) in [5.74, 6) is 0.797. The Morgan fingerprint density at radius 2 is 1.64 bits per heavy atom. The lowest BCUT2D eigenvalue weighted by Gasteiger charge is -2.10. The molecule has 2 aromatic rings. The zero-order valence-electron chi connectivity index (χ0n) is 12.6. The van der Waals surface area contributed by atoms with E-state index in [0.29, 0.717) is 6.54 Å². The molecular weight excluding hydrogens is 276 g/mol. The third-order valence-electron chi connectivity index (χ3n) is 4.07. The molecule has 4 heteroatoms. The highest BCUT2D eigenvalue weighted by Gasteiger charge is 2.45. The number of ether oxygens (including phenoxy) is 1. The third-order valence-corrected chi connectivity index (χ3v) is 4.07. The number of nitrogens with one attached hydrogen (secondary N) is 1. The van der Waals surface area contributed by atoms with Gasteiger partial charge in [0.25, 0.3) is 0 Å². The second-order valence-corrected chi connectivity index (χ2v) is 5.76. The topological polar surface area (TPSA) is 64.3 Å². The van der Waals surface area contributed by atoms with Gasteiger partial charge in [-0.3, -0.25) is 4.79 Å². The van der Waals surface area contributed by atoms with Gasteiger partial charge in [0, 0.05) is 6.54 Å². The monoisotopic (exact) mass is 296 g/mol. The van der Waals surface area contributed by atoms with Crippen LogP contribution >= 0.6 is 0 Å². The largest absolute Gasteiger partial charge is 0.497 e. The Morgan fingerprint density at radius 1 is 1.09 bits per heavy atom. The Labute approximate surface area is 130 Å². The van der Waals surface area contributed by atoms with E-state index in [2.05, 4.69) is 17.4 Å². The van der Waals surface area contributed by atoms with Crippen LogP contribution in [0.3, 0.4) is 0 Å². The van der Waals surface area contributed by atoms with Gasteiger partial charge in [0.05, 0.1) is 12.6 Å². The lowest BCUT2D eigenvalue weighted by molar-refractivity contribution is -0.123. The molecule has 0 unspecified atom stereocenters. The average Bonchev–Trinajstić information content (AvgIpc) is 3.32. The van der Waals surface area contributed by atoms with E-state index in [1.54, 1.807) is 7.11 Å². The number of carbonyl (C=O) groups excluding carboxylic acids is 1. The number of hydrogen-bond donors (Lipinski definition) is 2. The van der Waals surface area contributed by atoms with Crippen LogP contribution in [0.15, 0.2) is 48.5 Å². The molecule has 22 heavy (non-hydrogen) atoms. The van der Waals surface area contributed by atoms with Crippen molar-refractivity contribution in [3.63, 3.8) is 0 Å². The van der Waals surface area contributed by atoms with E-state index in [1.165, 1.54) is 0 Å². The molecule has 1 aliphatic rings. The van der Waals surface area contributed by atoms with Gasteiger partial charge in [-0.25, -0.2) is 0 Å². The first-order valence-corrected chi connectivity index (χ1v) is 7.41. The van der Waals surface area contributed by atoms with Gasteiger partial charge in [-0.15, -0.1) is 0 Å². The smallest absolute Gasteiger partial charge is 0.240 e. The highest BCUT2D eigenvalue weighted by Crippen LogP contribution is 2.32.